The number of nitrogens with zero attached hydrogens (tertiary/aromatic N) is 1. The van der Waals surface area contributed by atoms with Crippen molar-refractivity contribution in [1.82, 2.24) is 4.90 Å². The molecule has 0 aromatic heterocycles. The maximum atomic E-state index is 13.0. The van der Waals surface area contributed by atoms with Crippen molar-refractivity contribution in [3.8, 4) is 0 Å². The SMILES string of the molecule is CC(C)N1C(=O)C(C(C)(C)C)CCC2CCCCC21. The third-order valence-electron chi connectivity index (χ3n) is 5.21. The van der Waals surface area contributed by atoms with Crippen LogP contribution in [0.4, 0.5) is 0 Å². The Balaban J connectivity index is 2.30. The highest BCUT2D eigenvalue weighted by Gasteiger charge is 2.43. The van der Waals surface area contributed by atoms with Crippen molar-refractivity contribution in [1.29, 1.82) is 0 Å². The summed E-state index contributed by atoms with van der Waals surface area (Å²) in [6.45, 7) is 11.1. The van der Waals surface area contributed by atoms with E-state index in [1.165, 1.54) is 32.1 Å². The minimum atomic E-state index is 0.0950. The molecule has 3 atom stereocenters. The van der Waals surface area contributed by atoms with Gasteiger partial charge in [-0.2, -0.15) is 0 Å². The van der Waals surface area contributed by atoms with Crippen LogP contribution >= 0.6 is 0 Å². The van der Waals surface area contributed by atoms with Gasteiger partial charge in [0.05, 0.1) is 0 Å². The molecule has 0 N–H and O–H groups in total. The van der Waals surface area contributed by atoms with Crippen LogP contribution in [0, 0.1) is 17.3 Å². The molecule has 1 saturated carbocycles. The van der Waals surface area contributed by atoms with Gasteiger partial charge in [-0.05, 0) is 50.9 Å². The second kappa shape index (κ2) is 5.46. The molecule has 0 bridgehead atoms. The number of likely N-dealkylation sites (tertiary alicyclic amines) is 1. The fraction of sp³-hybridized carbons (Fsp3) is 0.941. The molecule has 2 rings (SSSR count). The van der Waals surface area contributed by atoms with Gasteiger partial charge in [0.15, 0.2) is 0 Å². The van der Waals surface area contributed by atoms with Crippen LogP contribution in [0.1, 0.15) is 73.1 Å². The summed E-state index contributed by atoms with van der Waals surface area (Å²) in [7, 11) is 0. The monoisotopic (exact) mass is 265 g/mol. The second-order valence-electron chi connectivity index (χ2n) is 7.95. The van der Waals surface area contributed by atoms with E-state index in [-0.39, 0.29) is 11.3 Å². The van der Waals surface area contributed by atoms with Gasteiger partial charge in [0.1, 0.15) is 0 Å². The first-order valence-corrected chi connectivity index (χ1v) is 8.14. The van der Waals surface area contributed by atoms with Crippen molar-refractivity contribution < 1.29 is 4.79 Å². The maximum absolute atomic E-state index is 13.0. The molecule has 1 aliphatic carbocycles. The van der Waals surface area contributed by atoms with Gasteiger partial charge in [0.25, 0.3) is 0 Å². The molecule has 2 fully saturated rings. The van der Waals surface area contributed by atoms with Crippen molar-refractivity contribution in [2.24, 2.45) is 17.3 Å². The Kier molecular flexibility index (Phi) is 4.27. The molecule has 2 aliphatic rings. The van der Waals surface area contributed by atoms with E-state index in [9.17, 15) is 4.79 Å². The zero-order valence-electron chi connectivity index (χ0n) is 13.4. The zero-order valence-corrected chi connectivity index (χ0v) is 13.4. The Morgan fingerprint density at radius 1 is 1.05 bits per heavy atom. The molecule has 2 nitrogen and oxygen atoms in total. The highest BCUT2D eigenvalue weighted by molar-refractivity contribution is 5.80. The minimum Gasteiger partial charge on any atom is -0.337 e. The Hall–Kier alpha value is -0.530. The lowest BCUT2D eigenvalue weighted by molar-refractivity contribution is -0.143. The fourth-order valence-electron chi connectivity index (χ4n) is 4.18. The van der Waals surface area contributed by atoms with E-state index in [0.29, 0.717) is 18.0 Å². The van der Waals surface area contributed by atoms with Gasteiger partial charge in [0, 0.05) is 18.0 Å². The summed E-state index contributed by atoms with van der Waals surface area (Å²) in [5, 5.41) is 0. The first-order chi connectivity index (χ1) is 8.82. The average molecular weight is 265 g/mol. The lowest BCUT2D eigenvalue weighted by atomic mass is 9.76. The summed E-state index contributed by atoms with van der Waals surface area (Å²) in [4.78, 5) is 15.3. The number of amides is 1. The number of carbonyl (C=O) groups is 1. The van der Waals surface area contributed by atoms with Crippen molar-refractivity contribution in [2.75, 3.05) is 0 Å². The predicted octanol–water partition coefficient (Wildman–Crippen LogP) is 4.24. The van der Waals surface area contributed by atoms with Gasteiger partial charge >= 0.3 is 0 Å². The zero-order chi connectivity index (χ0) is 14.2. The van der Waals surface area contributed by atoms with Crippen molar-refractivity contribution in [3.63, 3.8) is 0 Å². The third-order valence-corrected chi connectivity index (χ3v) is 5.21. The lowest BCUT2D eigenvalue weighted by Crippen LogP contribution is -2.51. The molecule has 0 radical (unpaired) electrons. The van der Waals surface area contributed by atoms with Gasteiger partial charge in [-0.3, -0.25) is 4.79 Å². The van der Waals surface area contributed by atoms with Crippen molar-refractivity contribution >= 4 is 5.91 Å². The van der Waals surface area contributed by atoms with Crippen LogP contribution in [0.2, 0.25) is 0 Å². The summed E-state index contributed by atoms with van der Waals surface area (Å²) < 4.78 is 0. The Morgan fingerprint density at radius 2 is 1.68 bits per heavy atom. The average Bonchev–Trinajstić information content (AvgIpc) is 2.43. The first-order valence-electron chi connectivity index (χ1n) is 8.14. The minimum absolute atomic E-state index is 0.0950. The Bertz CT molecular complexity index is 329. The van der Waals surface area contributed by atoms with Crippen LogP contribution in [0.5, 0.6) is 0 Å². The van der Waals surface area contributed by atoms with Gasteiger partial charge in [-0.15, -0.1) is 0 Å². The van der Waals surface area contributed by atoms with Crippen LogP contribution in [-0.2, 0) is 4.79 Å². The van der Waals surface area contributed by atoms with Crippen molar-refractivity contribution in [3.05, 3.63) is 0 Å². The van der Waals surface area contributed by atoms with E-state index in [1.54, 1.807) is 0 Å². The van der Waals surface area contributed by atoms with Crippen LogP contribution in [0.3, 0.4) is 0 Å². The van der Waals surface area contributed by atoms with Crippen LogP contribution in [0.25, 0.3) is 0 Å². The maximum Gasteiger partial charge on any atom is 0.226 e. The molecule has 2 heteroatoms. The number of carbonyl (C=O) groups excluding carboxylic acids is 1. The van der Waals surface area contributed by atoms with Crippen LogP contribution in [0.15, 0.2) is 0 Å². The molecule has 0 aromatic carbocycles. The fourth-order valence-corrected chi connectivity index (χ4v) is 4.18. The van der Waals surface area contributed by atoms with Crippen molar-refractivity contribution in [2.45, 2.75) is 85.2 Å². The number of hydrogen-bond acceptors (Lipinski definition) is 1. The predicted molar refractivity (Wildman–Crippen MR) is 79.9 cm³/mol. The quantitative estimate of drug-likeness (QED) is 0.694. The van der Waals surface area contributed by atoms with E-state index in [0.717, 1.165) is 12.3 Å². The first kappa shape index (κ1) is 14.9. The van der Waals surface area contributed by atoms with Gasteiger partial charge in [-0.25, -0.2) is 0 Å². The normalized spacial score (nSPS) is 33.3. The Morgan fingerprint density at radius 3 is 2.26 bits per heavy atom. The largest absolute Gasteiger partial charge is 0.337 e. The van der Waals surface area contributed by atoms with Gasteiger partial charge in [-0.1, -0.05) is 33.6 Å². The number of fused-ring (bicyclic) bond motifs is 1. The van der Waals surface area contributed by atoms with E-state index in [4.69, 9.17) is 0 Å². The van der Waals surface area contributed by atoms with Gasteiger partial charge in [0.2, 0.25) is 5.91 Å². The lowest BCUT2D eigenvalue weighted by Gasteiger charge is -2.42. The molecular weight excluding hydrogens is 234 g/mol. The van der Waals surface area contributed by atoms with E-state index in [2.05, 4.69) is 39.5 Å². The second-order valence-corrected chi connectivity index (χ2v) is 7.95. The summed E-state index contributed by atoms with van der Waals surface area (Å²) >= 11 is 0. The molecule has 1 heterocycles. The van der Waals surface area contributed by atoms with E-state index >= 15 is 0 Å². The summed E-state index contributed by atoms with van der Waals surface area (Å²) in [6, 6.07) is 0.870. The van der Waals surface area contributed by atoms with E-state index < -0.39 is 0 Å². The van der Waals surface area contributed by atoms with Gasteiger partial charge < -0.3 is 4.90 Å². The highest BCUT2D eigenvalue weighted by Crippen LogP contribution is 2.42. The molecule has 3 unspecified atom stereocenters. The molecule has 110 valence electrons. The standard InChI is InChI=1S/C17H31NO/c1-12(2)18-15-9-7-6-8-13(15)10-11-14(16(18)19)17(3,4)5/h12-15H,6-11H2,1-5H3. The molecule has 0 aromatic rings. The molecule has 1 saturated heterocycles. The molecule has 1 amide bonds. The summed E-state index contributed by atoms with van der Waals surface area (Å²) in [6.07, 6.45) is 7.57. The summed E-state index contributed by atoms with van der Waals surface area (Å²) in [5.41, 5.74) is 0.0950. The number of hydrogen-bond donors (Lipinski definition) is 0. The molecule has 1 aliphatic heterocycles. The van der Waals surface area contributed by atoms with E-state index in [1.807, 2.05) is 0 Å². The third kappa shape index (κ3) is 2.98. The molecule has 0 spiro atoms. The van der Waals surface area contributed by atoms with Crippen LogP contribution in [-0.4, -0.2) is 22.9 Å². The smallest absolute Gasteiger partial charge is 0.226 e. The Labute approximate surface area is 118 Å². The highest BCUT2D eigenvalue weighted by atomic mass is 16.2. The summed E-state index contributed by atoms with van der Waals surface area (Å²) in [5.74, 6) is 1.39. The molecule has 19 heavy (non-hydrogen) atoms. The number of rotatable bonds is 1. The topological polar surface area (TPSA) is 20.3 Å². The van der Waals surface area contributed by atoms with Crippen LogP contribution < -0.4 is 0 Å². The molecular formula is C17H31NO.